The molecule has 3 rings (SSSR count). The standard InChI is InChI=1S/C19H19N3O2S2/c1-4-22-18(23)16-12(2)13(3)26-17(16)21-19(22)25-10-9-24-15-7-5-14(11-20)6-8-15/h5-8H,4,9-10H2,1-3H3. The van der Waals surface area contributed by atoms with Crippen LogP contribution in [0.5, 0.6) is 5.75 Å². The maximum Gasteiger partial charge on any atom is 0.263 e. The largest absolute Gasteiger partial charge is 0.493 e. The summed E-state index contributed by atoms with van der Waals surface area (Å²) in [6, 6.07) is 9.11. The van der Waals surface area contributed by atoms with Crippen molar-refractivity contribution >= 4 is 33.3 Å². The topological polar surface area (TPSA) is 67.9 Å². The Morgan fingerprint density at radius 3 is 2.69 bits per heavy atom. The van der Waals surface area contributed by atoms with Crippen LogP contribution >= 0.6 is 23.1 Å². The summed E-state index contributed by atoms with van der Waals surface area (Å²) in [4.78, 5) is 19.4. The molecule has 7 heteroatoms. The summed E-state index contributed by atoms with van der Waals surface area (Å²) < 4.78 is 7.43. The van der Waals surface area contributed by atoms with E-state index in [9.17, 15) is 4.79 Å². The number of rotatable bonds is 6. The Kier molecular flexibility index (Phi) is 5.64. The van der Waals surface area contributed by atoms with Gasteiger partial charge in [0.15, 0.2) is 5.16 Å². The maximum atomic E-state index is 12.8. The Bertz CT molecular complexity index is 1030. The van der Waals surface area contributed by atoms with Gasteiger partial charge in [-0.05, 0) is 50.6 Å². The molecule has 0 unspecified atom stereocenters. The minimum atomic E-state index is 0.0369. The number of thiophene rings is 1. The Morgan fingerprint density at radius 2 is 2.04 bits per heavy atom. The van der Waals surface area contributed by atoms with Crippen molar-refractivity contribution in [3.63, 3.8) is 0 Å². The van der Waals surface area contributed by atoms with Crippen molar-refractivity contribution in [2.24, 2.45) is 0 Å². The highest BCUT2D eigenvalue weighted by Gasteiger charge is 2.15. The van der Waals surface area contributed by atoms with Crippen LogP contribution in [0.25, 0.3) is 10.2 Å². The minimum absolute atomic E-state index is 0.0369. The molecule has 0 saturated heterocycles. The molecule has 2 aromatic heterocycles. The fourth-order valence-electron chi connectivity index (χ4n) is 2.62. The number of fused-ring (bicyclic) bond motifs is 1. The predicted molar refractivity (Wildman–Crippen MR) is 106 cm³/mol. The van der Waals surface area contributed by atoms with E-state index < -0.39 is 0 Å². The first kappa shape index (κ1) is 18.5. The number of nitriles is 1. The highest BCUT2D eigenvalue weighted by atomic mass is 32.2. The zero-order valence-electron chi connectivity index (χ0n) is 14.9. The summed E-state index contributed by atoms with van der Waals surface area (Å²) in [7, 11) is 0. The molecule has 5 nitrogen and oxygen atoms in total. The van der Waals surface area contributed by atoms with Crippen LogP contribution < -0.4 is 10.3 Å². The third kappa shape index (κ3) is 3.62. The molecular formula is C19H19N3O2S2. The summed E-state index contributed by atoms with van der Waals surface area (Å²) in [6.07, 6.45) is 0. The number of benzene rings is 1. The molecule has 0 aliphatic rings. The van der Waals surface area contributed by atoms with Crippen molar-refractivity contribution < 1.29 is 4.74 Å². The van der Waals surface area contributed by atoms with E-state index in [1.54, 1.807) is 40.2 Å². The van der Waals surface area contributed by atoms with E-state index in [0.29, 0.717) is 24.5 Å². The van der Waals surface area contributed by atoms with Crippen LogP contribution in [0.2, 0.25) is 0 Å². The number of aromatic nitrogens is 2. The van der Waals surface area contributed by atoms with Gasteiger partial charge in [0.05, 0.1) is 23.6 Å². The van der Waals surface area contributed by atoms with Crippen molar-refractivity contribution in [3.05, 3.63) is 50.6 Å². The van der Waals surface area contributed by atoms with E-state index in [4.69, 9.17) is 15.0 Å². The molecule has 0 spiro atoms. The van der Waals surface area contributed by atoms with Crippen LogP contribution in [0.1, 0.15) is 22.9 Å². The van der Waals surface area contributed by atoms with E-state index in [0.717, 1.165) is 31.6 Å². The van der Waals surface area contributed by atoms with Crippen LogP contribution in [0.4, 0.5) is 0 Å². The van der Waals surface area contributed by atoms with Gasteiger partial charge in [-0.3, -0.25) is 9.36 Å². The van der Waals surface area contributed by atoms with Crippen molar-refractivity contribution in [2.45, 2.75) is 32.5 Å². The van der Waals surface area contributed by atoms with Crippen LogP contribution in [-0.4, -0.2) is 21.9 Å². The molecule has 0 amide bonds. The summed E-state index contributed by atoms with van der Waals surface area (Å²) in [5.74, 6) is 1.41. The third-order valence-electron chi connectivity index (χ3n) is 4.14. The van der Waals surface area contributed by atoms with Crippen molar-refractivity contribution in [1.82, 2.24) is 9.55 Å². The Labute approximate surface area is 160 Å². The van der Waals surface area contributed by atoms with Crippen LogP contribution in [0.3, 0.4) is 0 Å². The second kappa shape index (κ2) is 7.94. The number of aryl methyl sites for hydroxylation is 2. The molecule has 26 heavy (non-hydrogen) atoms. The Hall–Kier alpha value is -2.30. The molecular weight excluding hydrogens is 366 g/mol. The zero-order valence-corrected chi connectivity index (χ0v) is 16.5. The summed E-state index contributed by atoms with van der Waals surface area (Å²) in [5, 5.41) is 10.3. The zero-order chi connectivity index (χ0) is 18.7. The molecule has 2 heterocycles. The fourth-order valence-corrected chi connectivity index (χ4v) is 4.57. The maximum absolute atomic E-state index is 12.8. The van der Waals surface area contributed by atoms with E-state index in [1.165, 1.54) is 11.8 Å². The van der Waals surface area contributed by atoms with E-state index in [1.807, 2.05) is 20.8 Å². The first-order valence-corrected chi connectivity index (χ1v) is 10.1. The molecule has 0 saturated carbocycles. The SMILES string of the molecule is CCn1c(SCCOc2ccc(C#N)cc2)nc2sc(C)c(C)c2c1=O. The lowest BCUT2D eigenvalue weighted by atomic mass is 10.2. The van der Waals surface area contributed by atoms with Crippen LogP contribution in [0, 0.1) is 25.2 Å². The molecule has 134 valence electrons. The number of thioether (sulfide) groups is 1. The van der Waals surface area contributed by atoms with Crippen molar-refractivity contribution in [1.29, 1.82) is 5.26 Å². The molecule has 3 aromatic rings. The van der Waals surface area contributed by atoms with E-state index in [2.05, 4.69) is 6.07 Å². The second-order valence-corrected chi connectivity index (χ2v) is 8.01. The Morgan fingerprint density at radius 1 is 1.31 bits per heavy atom. The third-order valence-corrected chi connectivity index (χ3v) is 6.18. The van der Waals surface area contributed by atoms with Gasteiger partial charge in [-0.15, -0.1) is 11.3 Å². The molecule has 1 aromatic carbocycles. The highest BCUT2D eigenvalue weighted by Crippen LogP contribution is 2.28. The van der Waals surface area contributed by atoms with Gasteiger partial charge in [0.2, 0.25) is 0 Å². The number of hydrogen-bond acceptors (Lipinski definition) is 6. The number of hydrogen-bond donors (Lipinski definition) is 0. The highest BCUT2D eigenvalue weighted by molar-refractivity contribution is 7.99. The van der Waals surface area contributed by atoms with Gasteiger partial charge in [0.1, 0.15) is 10.6 Å². The molecule has 0 N–H and O–H groups in total. The molecule has 0 radical (unpaired) electrons. The first-order chi connectivity index (χ1) is 12.5. The van der Waals surface area contributed by atoms with Gasteiger partial charge in [-0.25, -0.2) is 4.98 Å². The quantitative estimate of drug-likeness (QED) is 0.362. The van der Waals surface area contributed by atoms with E-state index in [-0.39, 0.29) is 5.56 Å². The van der Waals surface area contributed by atoms with Gasteiger partial charge in [-0.2, -0.15) is 5.26 Å². The first-order valence-electron chi connectivity index (χ1n) is 8.31. The van der Waals surface area contributed by atoms with Gasteiger partial charge in [0.25, 0.3) is 5.56 Å². The van der Waals surface area contributed by atoms with Gasteiger partial charge in [0, 0.05) is 17.2 Å². The molecule has 0 aliphatic heterocycles. The summed E-state index contributed by atoms with van der Waals surface area (Å²) in [5.41, 5.74) is 1.68. The smallest absolute Gasteiger partial charge is 0.263 e. The number of ether oxygens (including phenoxy) is 1. The van der Waals surface area contributed by atoms with Crippen molar-refractivity contribution in [3.8, 4) is 11.8 Å². The molecule has 0 atom stereocenters. The van der Waals surface area contributed by atoms with Gasteiger partial charge >= 0.3 is 0 Å². The second-order valence-electron chi connectivity index (χ2n) is 5.74. The fraction of sp³-hybridized carbons (Fsp3) is 0.316. The van der Waals surface area contributed by atoms with Gasteiger partial charge in [-0.1, -0.05) is 11.8 Å². The van der Waals surface area contributed by atoms with Crippen molar-refractivity contribution in [2.75, 3.05) is 12.4 Å². The van der Waals surface area contributed by atoms with Crippen LogP contribution in [0.15, 0.2) is 34.2 Å². The summed E-state index contributed by atoms with van der Waals surface area (Å²) in [6.45, 7) is 7.05. The monoisotopic (exact) mass is 385 g/mol. The normalized spacial score (nSPS) is 10.8. The van der Waals surface area contributed by atoms with Crippen LogP contribution in [-0.2, 0) is 6.54 Å². The lowest BCUT2D eigenvalue weighted by Gasteiger charge is -2.10. The average molecular weight is 386 g/mol. The number of nitrogens with zero attached hydrogens (tertiary/aromatic N) is 3. The average Bonchev–Trinajstić information content (AvgIpc) is 2.93. The predicted octanol–water partition coefficient (Wildman–Crippen LogP) is 4.14. The lowest BCUT2D eigenvalue weighted by molar-refractivity contribution is 0.343. The van der Waals surface area contributed by atoms with E-state index >= 15 is 0 Å². The molecule has 0 aliphatic carbocycles. The van der Waals surface area contributed by atoms with Gasteiger partial charge < -0.3 is 4.74 Å². The molecule has 0 bridgehead atoms. The molecule has 0 fully saturated rings. The summed E-state index contributed by atoms with van der Waals surface area (Å²) >= 11 is 3.09. The Balaban J connectivity index is 1.72. The lowest BCUT2D eigenvalue weighted by Crippen LogP contribution is -2.22. The minimum Gasteiger partial charge on any atom is -0.493 e.